The quantitative estimate of drug-likeness (QED) is 0.165. The molecule has 0 saturated carbocycles. The molecule has 292 valence electrons. The second-order valence-electron chi connectivity index (χ2n) is 12.9. The molecule has 0 aliphatic carbocycles. The Morgan fingerprint density at radius 3 is 1.40 bits per heavy atom. The molecule has 0 atom stereocenters. The van der Waals surface area contributed by atoms with Gasteiger partial charge in [0.05, 0.1) is 22.8 Å². The molecule has 0 saturated heterocycles. The molecule has 0 aliphatic rings. The van der Waals surface area contributed by atoms with Crippen molar-refractivity contribution >= 4 is 23.2 Å². The second kappa shape index (κ2) is 16.1. The number of para-hydroxylation sites is 2. The third-order valence-electron chi connectivity index (χ3n) is 9.33. The van der Waals surface area contributed by atoms with Gasteiger partial charge in [0, 0.05) is 37.4 Å². The monoisotopic (exact) mass is 784 g/mol. The van der Waals surface area contributed by atoms with Gasteiger partial charge in [-0.15, -0.1) is 0 Å². The van der Waals surface area contributed by atoms with Gasteiger partial charge in [0.25, 0.3) is 22.9 Å². The van der Waals surface area contributed by atoms with Gasteiger partial charge in [-0.1, -0.05) is 77.0 Å². The SMILES string of the molecule is Cc1c(NC(=O)c2cc(-c3ccc(F)c(F)c3)on2)c(=O)n(-c2ccccc2)n1C.Cc1c(NC(=O)c2cc(-c3ccccc3)on2)c(=O)n(-c2ccccc2)n1C. The molecule has 0 spiro atoms. The Balaban J connectivity index is 0.000000177. The number of hydrogen-bond acceptors (Lipinski definition) is 8. The Bertz CT molecular complexity index is 2890. The average molecular weight is 785 g/mol. The van der Waals surface area contributed by atoms with E-state index in [9.17, 15) is 28.0 Å². The van der Waals surface area contributed by atoms with Crippen molar-refractivity contribution < 1.29 is 27.4 Å². The number of carbonyl (C=O) groups is 2. The molecule has 0 bridgehead atoms. The van der Waals surface area contributed by atoms with Gasteiger partial charge in [-0.25, -0.2) is 18.1 Å². The number of amides is 2. The van der Waals surface area contributed by atoms with Crippen LogP contribution in [0, 0.1) is 25.5 Å². The van der Waals surface area contributed by atoms with E-state index in [2.05, 4.69) is 20.9 Å². The summed E-state index contributed by atoms with van der Waals surface area (Å²) in [5.41, 5.74) is 3.17. The third-order valence-corrected chi connectivity index (χ3v) is 9.33. The highest BCUT2D eigenvalue weighted by Crippen LogP contribution is 2.24. The molecule has 58 heavy (non-hydrogen) atoms. The van der Waals surface area contributed by atoms with Gasteiger partial charge >= 0.3 is 0 Å². The number of aromatic nitrogens is 6. The van der Waals surface area contributed by atoms with Crippen LogP contribution in [-0.4, -0.2) is 40.9 Å². The number of benzene rings is 4. The highest BCUT2D eigenvalue weighted by atomic mass is 19.2. The molecule has 0 aliphatic heterocycles. The molecular weight excluding hydrogens is 751 g/mol. The molecule has 2 N–H and O–H groups in total. The molecule has 0 unspecified atom stereocenters. The van der Waals surface area contributed by atoms with E-state index in [0.717, 1.165) is 17.7 Å². The van der Waals surface area contributed by atoms with Gasteiger partial charge < -0.3 is 19.7 Å². The predicted octanol–water partition coefficient (Wildman–Crippen LogP) is 7.06. The highest BCUT2D eigenvalue weighted by Gasteiger charge is 2.23. The van der Waals surface area contributed by atoms with E-state index in [0.29, 0.717) is 28.5 Å². The second-order valence-corrected chi connectivity index (χ2v) is 12.9. The molecule has 16 heteroatoms. The van der Waals surface area contributed by atoms with E-state index >= 15 is 0 Å². The lowest BCUT2D eigenvalue weighted by Gasteiger charge is -2.07. The lowest BCUT2D eigenvalue weighted by atomic mass is 10.1. The van der Waals surface area contributed by atoms with Crippen molar-refractivity contribution in [2.45, 2.75) is 13.8 Å². The Kier molecular flexibility index (Phi) is 10.6. The van der Waals surface area contributed by atoms with Crippen molar-refractivity contribution in [2.24, 2.45) is 14.1 Å². The predicted molar refractivity (Wildman–Crippen MR) is 211 cm³/mol. The topological polar surface area (TPSA) is 164 Å². The maximum atomic E-state index is 13.4. The van der Waals surface area contributed by atoms with Gasteiger partial charge in [0.1, 0.15) is 11.4 Å². The van der Waals surface area contributed by atoms with Crippen LogP contribution < -0.4 is 21.8 Å². The molecule has 8 rings (SSSR count). The fraction of sp³-hybridized carbons (Fsp3) is 0.0952. The summed E-state index contributed by atoms with van der Waals surface area (Å²) in [5, 5.41) is 12.7. The van der Waals surface area contributed by atoms with Crippen LogP contribution in [0.15, 0.2) is 140 Å². The molecule has 4 aromatic carbocycles. The first kappa shape index (κ1) is 38.4. The van der Waals surface area contributed by atoms with Crippen molar-refractivity contribution in [1.82, 2.24) is 29.0 Å². The van der Waals surface area contributed by atoms with Gasteiger partial charge in [0.2, 0.25) is 0 Å². The lowest BCUT2D eigenvalue weighted by molar-refractivity contribution is 0.101. The van der Waals surface area contributed by atoms with E-state index in [1.807, 2.05) is 66.7 Å². The standard InChI is InChI=1S/C21H16F2N4O3.C21H18N4O3/c1-12-19(21(29)27(26(12)2)14-6-4-3-5-7-14)24-20(28)17-11-18(30-25-17)13-8-9-15(22)16(23)10-13;1-14-19(21(27)25(24(14)2)16-11-7-4-8-12-16)22-20(26)17-13-18(28-23-17)15-9-5-3-6-10-15/h3-11H,1-2H3,(H,24,28);3-13H,1-2H3,(H,22,26). The van der Waals surface area contributed by atoms with Gasteiger partial charge in [-0.2, -0.15) is 0 Å². The maximum absolute atomic E-state index is 13.4. The number of nitrogens with one attached hydrogen (secondary N) is 2. The summed E-state index contributed by atoms with van der Waals surface area (Å²) < 4.78 is 43.1. The minimum atomic E-state index is -1.05. The summed E-state index contributed by atoms with van der Waals surface area (Å²) in [4.78, 5) is 51.0. The van der Waals surface area contributed by atoms with Crippen LogP contribution >= 0.6 is 0 Å². The first-order valence-electron chi connectivity index (χ1n) is 17.7. The van der Waals surface area contributed by atoms with Crippen LogP contribution in [0.3, 0.4) is 0 Å². The van der Waals surface area contributed by atoms with Crippen LogP contribution in [0.1, 0.15) is 32.4 Å². The Morgan fingerprint density at radius 1 is 0.552 bits per heavy atom. The molecule has 0 radical (unpaired) electrons. The Hall–Kier alpha value is -7.88. The third kappa shape index (κ3) is 7.53. The summed E-state index contributed by atoms with van der Waals surface area (Å²) in [7, 11) is 3.47. The zero-order valence-corrected chi connectivity index (χ0v) is 31.4. The fourth-order valence-corrected chi connectivity index (χ4v) is 6.07. The molecule has 8 aromatic rings. The Labute approximate surface area is 328 Å². The van der Waals surface area contributed by atoms with Gasteiger partial charge in [0.15, 0.2) is 34.5 Å². The van der Waals surface area contributed by atoms with E-state index in [1.54, 1.807) is 67.6 Å². The minimum absolute atomic E-state index is 0.0885. The number of carbonyl (C=O) groups excluding carboxylic acids is 2. The van der Waals surface area contributed by atoms with Crippen LogP contribution in [0.2, 0.25) is 0 Å². The molecule has 0 fully saturated rings. The smallest absolute Gasteiger partial charge is 0.295 e. The highest BCUT2D eigenvalue weighted by molar-refractivity contribution is 6.04. The van der Waals surface area contributed by atoms with Crippen molar-refractivity contribution in [3.8, 4) is 34.0 Å². The van der Waals surface area contributed by atoms with Crippen molar-refractivity contribution in [3.05, 3.63) is 176 Å². The normalized spacial score (nSPS) is 10.9. The summed E-state index contributed by atoms with van der Waals surface area (Å²) in [6.45, 7) is 3.47. The number of rotatable bonds is 8. The lowest BCUT2D eigenvalue weighted by Crippen LogP contribution is -2.23. The maximum Gasteiger partial charge on any atom is 0.295 e. The van der Waals surface area contributed by atoms with E-state index in [1.165, 1.54) is 21.5 Å². The molecule has 4 heterocycles. The molecule has 4 aromatic heterocycles. The largest absolute Gasteiger partial charge is 0.355 e. The summed E-state index contributed by atoms with van der Waals surface area (Å²) in [5.74, 6) is -2.64. The van der Waals surface area contributed by atoms with Crippen LogP contribution in [0.5, 0.6) is 0 Å². The van der Waals surface area contributed by atoms with Gasteiger partial charge in [-0.3, -0.25) is 28.5 Å². The summed E-state index contributed by atoms with van der Waals surface area (Å²) >= 11 is 0. The molecule has 2 amide bonds. The number of nitrogens with zero attached hydrogens (tertiary/aromatic N) is 6. The Morgan fingerprint density at radius 2 is 0.966 bits per heavy atom. The first-order chi connectivity index (χ1) is 27.9. The van der Waals surface area contributed by atoms with Crippen LogP contribution in [-0.2, 0) is 14.1 Å². The van der Waals surface area contributed by atoms with Crippen molar-refractivity contribution in [2.75, 3.05) is 10.6 Å². The summed E-state index contributed by atoms with van der Waals surface area (Å²) in [6, 6.07) is 33.6. The van der Waals surface area contributed by atoms with E-state index in [4.69, 9.17) is 9.05 Å². The molecular formula is C42H34F2N8O6. The van der Waals surface area contributed by atoms with Crippen molar-refractivity contribution in [3.63, 3.8) is 0 Å². The summed E-state index contributed by atoms with van der Waals surface area (Å²) in [6.07, 6.45) is 0. The number of hydrogen-bond donors (Lipinski definition) is 2. The van der Waals surface area contributed by atoms with E-state index in [-0.39, 0.29) is 39.6 Å². The fourth-order valence-electron chi connectivity index (χ4n) is 6.07. The minimum Gasteiger partial charge on any atom is -0.355 e. The van der Waals surface area contributed by atoms with E-state index < -0.39 is 29.0 Å². The van der Waals surface area contributed by atoms with Crippen LogP contribution in [0.4, 0.5) is 20.2 Å². The zero-order valence-electron chi connectivity index (χ0n) is 31.4. The average Bonchev–Trinajstić information content (AvgIpc) is 4.02. The number of halogens is 2. The zero-order chi connectivity index (χ0) is 41.1. The van der Waals surface area contributed by atoms with Crippen LogP contribution in [0.25, 0.3) is 34.0 Å². The first-order valence-corrected chi connectivity index (χ1v) is 17.7. The molecule has 14 nitrogen and oxygen atoms in total. The number of anilines is 2. The van der Waals surface area contributed by atoms with Gasteiger partial charge in [-0.05, 0) is 56.3 Å². The van der Waals surface area contributed by atoms with Crippen molar-refractivity contribution in [1.29, 1.82) is 0 Å².